The van der Waals surface area contributed by atoms with E-state index in [4.69, 9.17) is 4.98 Å². The van der Waals surface area contributed by atoms with Gasteiger partial charge in [0.15, 0.2) is 6.23 Å². The van der Waals surface area contributed by atoms with Crippen LogP contribution in [-0.2, 0) is 17.8 Å². The fourth-order valence-corrected chi connectivity index (χ4v) is 5.00. The van der Waals surface area contributed by atoms with Gasteiger partial charge in [-0.2, -0.15) is 0 Å². The lowest BCUT2D eigenvalue weighted by molar-refractivity contribution is -0.115. The van der Waals surface area contributed by atoms with Crippen LogP contribution >= 0.6 is 11.8 Å². The van der Waals surface area contributed by atoms with Gasteiger partial charge in [0.05, 0.1) is 17.6 Å². The molecule has 1 aliphatic heterocycles. The van der Waals surface area contributed by atoms with Crippen LogP contribution in [0.4, 0.5) is 11.5 Å². The van der Waals surface area contributed by atoms with Crippen molar-refractivity contribution in [3.63, 3.8) is 0 Å². The number of benzene rings is 2. The first-order chi connectivity index (χ1) is 16.5. The molecule has 1 aliphatic rings. The summed E-state index contributed by atoms with van der Waals surface area (Å²) < 4.78 is 0. The zero-order chi connectivity index (χ0) is 23.7. The molecule has 8 heteroatoms. The Morgan fingerprint density at radius 2 is 1.94 bits per heavy atom. The number of carbonyl (C=O) groups is 1. The number of hydrogen-bond acceptors (Lipinski definition) is 7. The highest BCUT2D eigenvalue weighted by molar-refractivity contribution is 7.99. The van der Waals surface area contributed by atoms with E-state index in [2.05, 4.69) is 10.3 Å². The maximum atomic E-state index is 12.9. The minimum Gasteiger partial charge on any atom is -0.377 e. The number of aliphatic hydroxyl groups is 2. The SMILES string of the molecule is Cc1ccc2nc(N3Cc4ccccc4SC(O)C3O)cc(NC(=O)Cc3ccccn3)c2c1. The van der Waals surface area contributed by atoms with Crippen LogP contribution in [-0.4, -0.2) is 37.8 Å². The van der Waals surface area contributed by atoms with E-state index < -0.39 is 11.7 Å². The van der Waals surface area contributed by atoms with Crippen LogP contribution in [0.25, 0.3) is 10.9 Å². The number of nitrogens with zero attached hydrogens (tertiary/aromatic N) is 3. The van der Waals surface area contributed by atoms with Gasteiger partial charge < -0.3 is 20.4 Å². The third-order valence-corrected chi connectivity index (χ3v) is 6.86. The zero-order valence-corrected chi connectivity index (χ0v) is 19.4. The van der Waals surface area contributed by atoms with Gasteiger partial charge in [-0.15, -0.1) is 0 Å². The van der Waals surface area contributed by atoms with Gasteiger partial charge in [-0.3, -0.25) is 9.78 Å². The number of thioether (sulfide) groups is 1. The normalized spacial score (nSPS) is 17.8. The number of rotatable bonds is 4. The molecule has 34 heavy (non-hydrogen) atoms. The summed E-state index contributed by atoms with van der Waals surface area (Å²) in [6.45, 7) is 2.35. The number of carbonyl (C=O) groups excluding carboxylic acids is 1. The summed E-state index contributed by atoms with van der Waals surface area (Å²) in [6.07, 6.45) is 0.624. The quantitative estimate of drug-likeness (QED) is 0.415. The van der Waals surface area contributed by atoms with Crippen molar-refractivity contribution >= 4 is 40.1 Å². The molecule has 2 atom stereocenters. The third kappa shape index (κ3) is 4.61. The first-order valence-corrected chi connectivity index (χ1v) is 11.8. The van der Waals surface area contributed by atoms with Crippen LogP contribution in [0.3, 0.4) is 0 Å². The number of aryl methyl sites for hydroxylation is 1. The van der Waals surface area contributed by atoms with Crippen LogP contribution in [0.1, 0.15) is 16.8 Å². The number of anilines is 2. The number of nitrogens with one attached hydrogen (secondary N) is 1. The lowest BCUT2D eigenvalue weighted by atomic mass is 10.1. The largest absolute Gasteiger partial charge is 0.377 e. The molecule has 3 N–H and O–H groups in total. The molecule has 0 saturated carbocycles. The Bertz CT molecular complexity index is 1350. The van der Waals surface area contributed by atoms with Crippen LogP contribution in [0, 0.1) is 6.92 Å². The highest BCUT2D eigenvalue weighted by Gasteiger charge is 2.31. The van der Waals surface area contributed by atoms with Gasteiger partial charge in [-0.1, -0.05) is 47.7 Å². The summed E-state index contributed by atoms with van der Waals surface area (Å²) in [7, 11) is 0. The first-order valence-electron chi connectivity index (χ1n) is 11.0. The van der Waals surface area contributed by atoms with E-state index in [1.807, 2.05) is 67.6 Å². The molecule has 0 bridgehead atoms. The average Bonchev–Trinajstić information content (AvgIpc) is 2.96. The van der Waals surface area contributed by atoms with E-state index in [0.29, 0.717) is 29.3 Å². The van der Waals surface area contributed by atoms with Crippen LogP contribution in [0.15, 0.2) is 77.8 Å². The second-order valence-electron chi connectivity index (χ2n) is 8.25. The third-order valence-electron chi connectivity index (χ3n) is 5.72. The van der Waals surface area contributed by atoms with E-state index in [1.54, 1.807) is 17.2 Å². The summed E-state index contributed by atoms with van der Waals surface area (Å²) in [6, 6.07) is 20.8. The first kappa shape index (κ1) is 22.3. The van der Waals surface area contributed by atoms with Crippen molar-refractivity contribution in [2.75, 3.05) is 10.2 Å². The number of aromatic nitrogens is 2. The van der Waals surface area contributed by atoms with E-state index in [1.165, 1.54) is 11.8 Å². The Morgan fingerprint density at radius 3 is 2.76 bits per heavy atom. The molecule has 3 heterocycles. The topological polar surface area (TPSA) is 98.6 Å². The lowest BCUT2D eigenvalue weighted by Crippen LogP contribution is -2.41. The molecule has 4 aromatic rings. The van der Waals surface area contributed by atoms with Crippen molar-refractivity contribution < 1.29 is 15.0 Å². The Labute approximate surface area is 201 Å². The Hall–Kier alpha value is -3.46. The highest BCUT2D eigenvalue weighted by Crippen LogP contribution is 2.37. The monoisotopic (exact) mass is 472 g/mol. The second kappa shape index (κ2) is 9.42. The molecule has 2 aromatic carbocycles. The minimum atomic E-state index is -1.18. The van der Waals surface area contributed by atoms with Crippen LogP contribution in [0.5, 0.6) is 0 Å². The number of amides is 1. The van der Waals surface area contributed by atoms with Crippen molar-refractivity contribution in [2.45, 2.75) is 36.4 Å². The molecule has 7 nitrogen and oxygen atoms in total. The van der Waals surface area contributed by atoms with E-state index >= 15 is 0 Å². The molecule has 0 fully saturated rings. The van der Waals surface area contributed by atoms with Crippen molar-refractivity contribution in [2.24, 2.45) is 0 Å². The Morgan fingerprint density at radius 1 is 1.12 bits per heavy atom. The number of hydrogen-bond donors (Lipinski definition) is 3. The molecule has 0 aliphatic carbocycles. The summed E-state index contributed by atoms with van der Waals surface area (Å²) in [4.78, 5) is 24.4. The predicted octanol–water partition coefficient (Wildman–Crippen LogP) is 3.87. The maximum Gasteiger partial charge on any atom is 0.230 e. The van der Waals surface area contributed by atoms with Crippen LogP contribution in [0.2, 0.25) is 0 Å². The van der Waals surface area contributed by atoms with E-state index in [-0.39, 0.29) is 12.3 Å². The molecule has 0 radical (unpaired) electrons. The maximum absolute atomic E-state index is 12.9. The Kier molecular flexibility index (Phi) is 6.19. The molecular weight excluding hydrogens is 448 g/mol. The molecule has 172 valence electrons. The van der Waals surface area contributed by atoms with Gasteiger partial charge >= 0.3 is 0 Å². The lowest BCUT2D eigenvalue weighted by Gasteiger charge is -2.30. The number of aliphatic hydroxyl groups excluding tert-OH is 2. The average molecular weight is 473 g/mol. The molecule has 0 saturated heterocycles. The van der Waals surface area contributed by atoms with Gasteiger partial charge in [0, 0.05) is 34.8 Å². The van der Waals surface area contributed by atoms with Crippen LogP contribution < -0.4 is 10.2 Å². The van der Waals surface area contributed by atoms with Gasteiger partial charge in [0.25, 0.3) is 0 Å². The Balaban J connectivity index is 1.54. The molecule has 5 rings (SSSR count). The highest BCUT2D eigenvalue weighted by atomic mass is 32.2. The molecule has 0 spiro atoms. The summed E-state index contributed by atoms with van der Waals surface area (Å²) >= 11 is 1.22. The fraction of sp³-hybridized carbons (Fsp3) is 0.192. The summed E-state index contributed by atoms with van der Waals surface area (Å²) in [5, 5.41) is 25.4. The standard InChI is InChI=1S/C26H24N4O3S/c1-16-9-10-20-19(12-16)21(29-24(31)13-18-7-4-5-11-27-18)14-23(28-20)30-15-17-6-2-3-8-22(17)34-26(33)25(30)32/h2-12,14,25-26,32-33H,13,15H2,1H3,(H,28,29,31). The van der Waals surface area contributed by atoms with Crippen molar-refractivity contribution in [1.82, 2.24) is 9.97 Å². The van der Waals surface area contributed by atoms with Gasteiger partial charge in [-0.25, -0.2) is 4.98 Å². The fourth-order valence-electron chi connectivity index (χ4n) is 4.03. The van der Waals surface area contributed by atoms with Gasteiger partial charge in [0.1, 0.15) is 11.3 Å². The second-order valence-corrected chi connectivity index (χ2v) is 9.41. The number of pyridine rings is 2. The predicted molar refractivity (Wildman–Crippen MR) is 134 cm³/mol. The smallest absolute Gasteiger partial charge is 0.230 e. The minimum absolute atomic E-state index is 0.140. The van der Waals surface area contributed by atoms with Crippen molar-refractivity contribution in [3.8, 4) is 0 Å². The van der Waals surface area contributed by atoms with Crippen molar-refractivity contribution in [3.05, 3.63) is 89.7 Å². The number of fused-ring (bicyclic) bond motifs is 2. The molecule has 2 aromatic heterocycles. The summed E-state index contributed by atoms with van der Waals surface area (Å²) in [5.41, 5.74) is 2.92. The van der Waals surface area contributed by atoms with E-state index in [9.17, 15) is 15.0 Å². The molecule has 2 unspecified atom stereocenters. The van der Waals surface area contributed by atoms with Gasteiger partial charge in [-0.05, 0) is 42.8 Å². The summed E-state index contributed by atoms with van der Waals surface area (Å²) in [5.74, 6) is 0.268. The molecular formula is C26H24N4O3S. The van der Waals surface area contributed by atoms with E-state index in [0.717, 1.165) is 21.4 Å². The zero-order valence-electron chi connectivity index (χ0n) is 18.5. The van der Waals surface area contributed by atoms with Crippen molar-refractivity contribution in [1.29, 1.82) is 0 Å². The molecule has 1 amide bonds. The van der Waals surface area contributed by atoms with Gasteiger partial charge in [0.2, 0.25) is 5.91 Å².